The summed E-state index contributed by atoms with van der Waals surface area (Å²) in [6.45, 7) is 5.74. The van der Waals surface area contributed by atoms with Gasteiger partial charge in [-0.05, 0) is 43.7 Å². The molecule has 1 aliphatic heterocycles. The van der Waals surface area contributed by atoms with E-state index in [0.717, 1.165) is 31.2 Å². The maximum absolute atomic E-state index is 13.3. The Morgan fingerprint density at radius 1 is 1.13 bits per heavy atom. The number of aromatic nitrogens is 1. The lowest BCUT2D eigenvalue weighted by atomic mass is 10.0. The first-order valence-electron chi connectivity index (χ1n) is 10.8. The molecule has 160 valence electrons. The molecule has 2 fully saturated rings. The Hall–Kier alpha value is -2.83. The zero-order chi connectivity index (χ0) is 21.1. The Labute approximate surface area is 177 Å². The van der Waals surface area contributed by atoms with E-state index in [4.69, 9.17) is 9.15 Å². The highest BCUT2D eigenvalue weighted by Crippen LogP contribution is 2.33. The lowest BCUT2D eigenvalue weighted by Crippen LogP contribution is -2.49. The fourth-order valence-corrected chi connectivity index (χ4v) is 3.92. The van der Waals surface area contributed by atoms with Gasteiger partial charge in [-0.3, -0.25) is 4.79 Å². The van der Waals surface area contributed by atoms with Gasteiger partial charge in [-0.1, -0.05) is 26.0 Å². The van der Waals surface area contributed by atoms with Crippen molar-refractivity contribution < 1.29 is 18.7 Å². The summed E-state index contributed by atoms with van der Waals surface area (Å²) in [6, 6.07) is 7.98. The van der Waals surface area contributed by atoms with Gasteiger partial charge in [0.2, 0.25) is 0 Å². The van der Waals surface area contributed by atoms with Crippen LogP contribution in [-0.4, -0.2) is 58.6 Å². The summed E-state index contributed by atoms with van der Waals surface area (Å²) in [7, 11) is 0. The van der Waals surface area contributed by atoms with Gasteiger partial charge in [0, 0.05) is 36.3 Å². The Morgan fingerprint density at radius 3 is 2.37 bits per heavy atom. The monoisotopic (exact) mass is 411 g/mol. The van der Waals surface area contributed by atoms with Crippen molar-refractivity contribution in [2.45, 2.75) is 51.6 Å². The van der Waals surface area contributed by atoms with Crippen LogP contribution in [0.4, 0.5) is 4.79 Å². The van der Waals surface area contributed by atoms with Crippen molar-refractivity contribution in [2.75, 3.05) is 19.7 Å². The number of benzene rings is 1. The molecule has 2 heterocycles. The molecule has 0 N–H and O–H groups in total. The predicted molar refractivity (Wildman–Crippen MR) is 112 cm³/mol. The minimum atomic E-state index is -0.241. The van der Waals surface area contributed by atoms with Crippen molar-refractivity contribution >= 4 is 12.0 Å². The summed E-state index contributed by atoms with van der Waals surface area (Å²) in [5, 5.41) is 0. The van der Waals surface area contributed by atoms with Gasteiger partial charge in [0.05, 0.1) is 12.8 Å². The molecule has 4 rings (SSSR count). The molecule has 1 aromatic heterocycles. The minimum absolute atomic E-state index is 0.0717. The van der Waals surface area contributed by atoms with Crippen molar-refractivity contribution in [3.8, 4) is 11.3 Å². The number of carbonyl (C=O) groups excluding carboxylic acids is 2. The summed E-state index contributed by atoms with van der Waals surface area (Å²) in [5.74, 6) is 1.08. The SMILES string of the molecule is CC(C)COC(=O)N1CCC(N(C(=O)c2ccc(-c3cnco3)cc2)C2CC2)CC1. The molecule has 2 aromatic rings. The standard InChI is InChI=1S/C23H29N3O4/c1-16(2)14-29-23(28)25-11-9-20(10-12-25)26(19-7-8-19)22(27)18-5-3-17(4-6-18)21-13-24-15-30-21/h3-6,13,15-16,19-20H,7-12,14H2,1-2H3. The second kappa shape index (κ2) is 8.90. The van der Waals surface area contributed by atoms with E-state index in [1.54, 1.807) is 11.1 Å². The van der Waals surface area contributed by atoms with Gasteiger partial charge in [0.25, 0.3) is 5.91 Å². The van der Waals surface area contributed by atoms with E-state index in [9.17, 15) is 9.59 Å². The molecule has 1 aromatic carbocycles. The summed E-state index contributed by atoms with van der Waals surface area (Å²) >= 11 is 0. The predicted octanol–water partition coefficient (Wildman–Crippen LogP) is 4.20. The molecule has 2 aliphatic rings. The van der Waals surface area contributed by atoms with E-state index in [-0.39, 0.29) is 18.0 Å². The van der Waals surface area contributed by atoms with Crippen molar-refractivity contribution in [1.29, 1.82) is 0 Å². The molecule has 0 bridgehead atoms. The number of nitrogens with zero attached hydrogens (tertiary/aromatic N) is 3. The molecular weight excluding hydrogens is 382 g/mol. The van der Waals surface area contributed by atoms with Crippen LogP contribution in [0, 0.1) is 5.92 Å². The Bertz CT molecular complexity index is 851. The van der Waals surface area contributed by atoms with Gasteiger partial charge < -0.3 is 19.0 Å². The summed E-state index contributed by atoms with van der Waals surface area (Å²) < 4.78 is 10.7. The number of rotatable bonds is 6. The first kappa shape index (κ1) is 20.4. The number of piperidine rings is 1. The maximum Gasteiger partial charge on any atom is 0.409 e. The number of likely N-dealkylation sites (tertiary alicyclic amines) is 1. The lowest BCUT2D eigenvalue weighted by molar-refractivity contribution is 0.0492. The molecule has 7 nitrogen and oxygen atoms in total. The molecule has 1 aliphatic carbocycles. The van der Waals surface area contributed by atoms with Gasteiger partial charge in [0.15, 0.2) is 12.2 Å². The largest absolute Gasteiger partial charge is 0.449 e. The zero-order valence-corrected chi connectivity index (χ0v) is 17.6. The quantitative estimate of drug-likeness (QED) is 0.712. The van der Waals surface area contributed by atoms with E-state index in [0.29, 0.717) is 43.0 Å². The van der Waals surface area contributed by atoms with Crippen molar-refractivity contribution in [3.05, 3.63) is 42.4 Å². The van der Waals surface area contributed by atoms with E-state index < -0.39 is 0 Å². The first-order valence-corrected chi connectivity index (χ1v) is 10.8. The second-order valence-electron chi connectivity index (χ2n) is 8.58. The van der Waals surface area contributed by atoms with Crippen LogP contribution in [0.5, 0.6) is 0 Å². The minimum Gasteiger partial charge on any atom is -0.449 e. The average molecular weight is 412 g/mol. The molecule has 0 spiro atoms. The number of ether oxygens (including phenoxy) is 1. The zero-order valence-electron chi connectivity index (χ0n) is 17.6. The Kier molecular flexibility index (Phi) is 6.06. The number of carbonyl (C=O) groups is 2. The topological polar surface area (TPSA) is 75.9 Å². The van der Waals surface area contributed by atoms with E-state index in [2.05, 4.69) is 9.88 Å². The number of hydrogen-bond acceptors (Lipinski definition) is 5. The molecule has 0 unspecified atom stereocenters. The molecule has 1 saturated carbocycles. The van der Waals surface area contributed by atoms with Crippen LogP contribution in [0.25, 0.3) is 11.3 Å². The van der Waals surface area contributed by atoms with Crippen LogP contribution in [0.15, 0.2) is 41.3 Å². The molecule has 30 heavy (non-hydrogen) atoms. The number of amides is 2. The van der Waals surface area contributed by atoms with E-state index in [1.807, 2.05) is 38.1 Å². The van der Waals surface area contributed by atoms with Gasteiger partial charge in [-0.15, -0.1) is 0 Å². The Morgan fingerprint density at radius 2 is 1.80 bits per heavy atom. The molecule has 0 atom stereocenters. The highest BCUT2D eigenvalue weighted by atomic mass is 16.6. The van der Waals surface area contributed by atoms with Crippen molar-refractivity contribution in [1.82, 2.24) is 14.8 Å². The second-order valence-corrected chi connectivity index (χ2v) is 8.58. The van der Waals surface area contributed by atoms with Crippen LogP contribution in [0.1, 0.15) is 49.9 Å². The fourth-order valence-electron chi connectivity index (χ4n) is 3.92. The smallest absolute Gasteiger partial charge is 0.409 e. The van der Waals surface area contributed by atoms with Crippen LogP contribution in [0.2, 0.25) is 0 Å². The fraction of sp³-hybridized carbons (Fsp3) is 0.522. The van der Waals surface area contributed by atoms with Gasteiger partial charge in [-0.2, -0.15) is 0 Å². The summed E-state index contributed by atoms with van der Waals surface area (Å²) in [6.07, 6.45) is 6.50. The highest BCUT2D eigenvalue weighted by molar-refractivity contribution is 5.95. The lowest BCUT2D eigenvalue weighted by Gasteiger charge is -2.38. The summed E-state index contributed by atoms with van der Waals surface area (Å²) in [5.41, 5.74) is 1.58. The maximum atomic E-state index is 13.3. The van der Waals surface area contributed by atoms with Crippen molar-refractivity contribution in [2.24, 2.45) is 5.92 Å². The molecule has 2 amide bonds. The van der Waals surface area contributed by atoms with Gasteiger partial charge >= 0.3 is 6.09 Å². The van der Waals surface area contributed by atoms with Crippen LogP contribution >= 0.6 is 0 Å². The molecule has 7 heteroatoms. The van der Waals surface area contributed by atoms with Crippen LogP contribution in [-0.2, 0) is 4.74 Å². The van der Waals surface area contributed by atoms with E-state index in [1.165, 1.54) is 6.39 Å². The van der Waals surface area contributed by atoms with E-state index >= 15 is 0 Å². The number of hydrogen-bond donors (Lipinski definition) is 0. The Balaban J connectivity index is 1.38. The normalized spacial score (nSPS) is 17.2. The van der Waals surface area contributed by atoms with Gasteiger partial charge in [0.1, 0.15) is 0 Å². The third-order valence-corrected chi connectivity index (χ3v) is 5.68. The molecular formula is C23H29N3O4. The molecule has 0 radical (unpaired) electrons. The van der Waals surface area contributed by atoms with Gasteiger partial charge in [-0.25, -0.2) is 9.78 Å². The molecule has 1 saturated heterocycles. The van der Waals surface area contributed by atoms with Crippen LogP contribution in [0.3, 0.4) is 0 Å². The third kappa shape index (κ3) is 4.66. The number of oxazole rings is 1. The van der Waals surface area contributed by atoms with Crippen LogP contribution < -0.4 is 0 Å². The average Bonchev–Trinajstić information content (AvgIpc) is 3.44. The highest BCUT2D eigenvalue weighted by Gasteiger charge is 2.39. The van der Waals surface area contributed by atoms with Crippen molar-refractivity contribution in [3.63, 3.8) is 0 Å². The first-order chi connectivity index (χ1) is 14.5. The summed E-state index contributed by atoms with van der Waals surface area (Å²) in [4.78, 5) is 33.3. The third-order valence-electron chi connectivity index (χ3n) is 5.68.